The zero-order valence-electron chi connectivity index (χ0n) is 16.5. The second kappa shape index (κ2) is 8.95. The molecule has 1 atom stereocenters. The molecule has 2 saturated heterocycles. The van der Waals surface area contributed by atoms with Crippen molar-refractivity contribution in [2.75, 3.05) is 36.5 Å². The normalized spacial score (nSPS) is 22.6. The van der Waals surface area contributed by atoms with E-state index < -0.39 is 0 Å². The second-order valence-electron chi connectivity index (χ2n) is 8.24. The van der Waals surface area contributed by atoms with Crippen LogP contribution in [0.5, 0.6) is 0 Å². The summed E-state index contributed by atoms with van der Waals surface area (Å²) < 4.78 is 5.63. The maximum Gasteiger partial charge on any atom is 0.253 e. The van der Waals surface area contributed by atoms with Gasteiger partial charge in [0.1, 0.15) is 0 Å². The summed E-state index contributed by atoms with van der Waals surface area (Å²) in [7, 11) is 0. The Kier molecular flexibility index (Phi) is 6.15. The number of rotatable bonds is 6. The average molecular weight is 386 g/mol. The van der Waals surface area contributed by atoms with Gasteiger partial charge in [-0.2, -0.15) is 0 Å². The molecule has 1 saturated carbocycles. The molecule has 152 valence electrons. The molecular weight excluding hydrogens is 354 g/mol. The number of anilines is 2. The van der Waals surface area contributed by atoms with Crippen molar-refractivity contribution in [1.29, 1.82) is 0 Å². The fourth-order valence-corrected chi connectivity index (χ4v) is 4.23. The summed E-state index contributed by atoms with van der Waals surface area (Å²) >= 11 is 0. The topological polar surface area (TPSA) is 70.7 Å². The van der Waals surface area contributed by atoms with Crippen LogP contribution in [0.4, 0.5) is 11.4 Å². The van der Waals surface area contributed by atoms with Crippen LogP contribution in [-0.2, 0) is 9.53 Å². The number of piperidine rings is 1. The smallest absolute Gasteiger partial charge is 0.253 e. The van der Waals surface area contributed by atoms with Crippen molar-refractivity contribution in [3.63, 3.8) is 0 Å². The molecule has 2 amide bonds. The van der Waals surface area contributed by atoms with Crippen LogP contribution in [0.3, 0.4) is 0 Å². The number of nitrogens with one attached hydrogen (secondary N) is 2. The van der Waals surface area contributed by atoms with Gasteiger partial charge in [-0.3, -0.25) is 9.59 Å². The molecule has 0 aromatic heterocycles. The molecule has 0 spiro atoms. The van der Waals surface area contributed by atoms with Gasteiger partial charge in [-0.25, -0.2) is 0 Å². The first-order valence-corrected chi connectivity index (χ1v) is 10.8. The lowest BCUT2D eigenvalue weighted by Crippen LogP contribution is -2.35. The summed E-state index contributed by atoms with van der Waals surface area (Å²) in [6, 6.07) is 5.76. The van der Waals surface area contributed by atoms with Gasteiger partial charge in [0.05, 0.1) is 11.7 Å². The van der Waals surface area contributed by atoms with Crippen LogP contribution in [0, 0.1) is 5.92 Å². The molecular formula is C22H31N3O3. The molecule has 1 aliphatic carbocycles. The predicted octanol–water partition coefficient (Wildman–Crippen LogP) is 3.32. The maximum absolute atomic E-state index is 13.0. The third-order valence-electron chi connectivity index (χ3n) is 6.20. The Hall–Kier alpha value is -2.08. The molecule has 2 heterocycles. The summed E-state index contributed by atoms with van der Waals surface area (Å²) in [6.07, 6.45) is 8.77. The average Bonchev–Trinajstić information content (AvgIpc) is 3.19. The molecule has 0 bridgehead atoms. The van der Waals surface area contributed by atoms with E-state index in [4.69, 9.17) is 4.74 Å². The molecule has 6 heteroatoms. The van der Waals surface area contributed by atoms with Crippen LogP contribution in [-0.4, -0.2) is 44.2 Å². The van der Waals surface area contributed by atoms with E-state index in [0.717, 1.165) is 70.3 Å². The van der Waals surface area contributed by atoms with E-state index in [0.29, 0.717) is 17.8 Å². The Morgan fingerprint density at radius 2 is 1.86 bits per heavy atom. The first-order valence-electron chi connectivity index (χ1n) is 10.8. The fourth-order valence-electron chi connectivity index (χ4n) is 4.23. The Morgan fingerprint density at radius 3 is 2.54 bits per heavy atom. The van der Waals surface area contributed by atoms with Crippen LogP contribution in [0.25, 0.3) is 0 Å². The summed E-state index contributed by atoms with van der Waals surface area (Å²) in [6.45, 7) is 3.26. The lowest BCUT2D eigenvalue weighted by atomic mass is 9.85. The molecule has 0 unspecified atom stereocenters. The monoisotopic (exact) mass is 385 g/mol. The number of carbonyl (C=O) groups excluding carboxylic acids is 2. The molecule has 2 aliphatic heterocycles. The van der Waals surface area contributed by atoms with Gasteiger partial charge in [0, 0.05) is 43.5 Å². The van der Waals surface area contributed by atoms with Gasteiger partial charge in [-0.05, 0) is 63.1 Å². The second-order valence-corrected chi connectivity index (χ2v) is 8.24. The summed E-state index contributed by atoms with van der Waals surface area (Å²) in [5.41, 5.74) is 2.32. The minimum Gasteiger partial charge on any atom is -0.376 e. The molecule has 3 fully saturated rings. The molecule has 28 heavy (non-hydrogen) atoms. The van der Waals surface area contributed by atoms with Crippen molar-refractivity contribution in [2.24, 2.45) is 5.92 Å². The van der Waals surface area contributed by atoms with Gasteiger partial charge in [-0.1, -0.05) is 6.42 Å². The van der Waals surface area contributed by atoms with E-state index in [9.17, 15) is 9.59 Å². The Bertz CT molecular complexity index is 705. The van der Waals surface area contributed by atoms with Crippen molar-refractivity contribution in [3.05, 3.63) is 23.8 Å². The highest BCUT2D eigenvalue weighted by Gasteiger charge is 2.26. The first kappa shape index (κ1) is 19.2. The van der Waals surface area contributed by atoms with Gasteiger partial charge >= 0.3 is 0 Å². The van der Waals surface area contributed by atoms with Crippen molar-refractivity contribution >= 4 is 23.2 Å². The third kappa shape index (κ3) is 4.49. The van der Waals surface area contributed by atoms with Gasteiger partial charge in [0.25, 0.3) is 5.91 Å². The lowest BCUT2D eigenvalue weighted by Gasteiger charge is -2.31. The number of amides is 2. The summed E-state index contributed by atoms with van der Waals surface area (Å²) in [5.74, 6) is 0.108. The number of hydrogen-bond acceptors (Lipinski definition) is 4. The minimum absolute atomic E-state index is 0.0719. The van der Waals surface area contributed by atoms with Gasteiger partial charge < -0.3 is 20.3 Å². The highest BCUT2D eigenvalue weighted by Crippen LogP contribution is 2.30. The van der Waals surface area contributed by atoms with Crippen molar-refractivity contribution in [2.45, 2.75) is 57.5 Å². The third-order valence-corrected chi connectivity index (χ3v) is 6.20. The van der Waals surface area contributed by atoms with Crippen LogP contribution in [0.2, 0.25) is 0 Å². The zero-order chi connectivity index (χ0) is 19.3. The number of ether oxygens (including phenoxy) is 1. The fraction of sp³-hybridized carbons (Fsp3) is 0.636. The van der Waals surface area contributed by atoms with E-state index in [2.05, 4.69) is 15.5 Å². The Balaban J connectivity index is 1.50. The Labute approximate surface area is 167 Å². The van der Waals surface area contributed by atoms with E-state index in [1.807, 2.05) is 18.2 Å². The molecule has 6 nitrogen and oxygen atoms in total. The van der Waals surface area contributed by atoms with Crippen LogP contribution >= 0.6 is 0 Å². The largest absolute Gasteiger partial charge is 0.376 e. The zero-order valence-corrected chi connectivity index (χ0v) is 16.5. The van der Waals surface area contributed by atoms with E-state index in [1.165, 1.54) is 6.42 Å². The summed E-state index contributed by atoms with van der Waals surface area (Å²) in [4.78, 5) is 27.6. The van der Waals surface area contributed by atoms with E-state index in [-0.39, 0.29) is 23.8 Å². The lowest BCUT2D eigenvalue weighted by molar-refractivity contribution is -0.122. The number of nitrogens with zero attached hydrogens (tertiary/aromatic N) is 1. The van der Waals surface area contributed by atoms with Crippen LogP contribution < -0.4 is 15.5 Å². The van der Waals surface area contributed by atoms with Crippen LogP contribution in [0.1, 0.15) is 61.7 Å². The molecule has 1 aromatic carbocycles. The predicted molar refractivity (Wildman–Crippen MR) is 110 cm³/mol. The molecule has 4 rings (SSSR count). The van der Waals surface area contributed by atoms with Crippen molar-refractivity contribution in [3.8, 4) is 0 Å². The molecule has 2 N–H and O–H groups in total. The highest BCUT2D eigenvalue weighted by molar-refractivity contribution is 6.02. The highest BCUT2D eigenvalue weighted by atomic mass is 16.5. The number of benzene rings is 1. The minimum atomic E-state index is -0.0872. The molecule has 0 radical (unpaired) electrons. The first-order chi connectivity index (χ1) is 13.7. The number of hydrogen-bond donors (Lipinski definition) is 2. The molecule has 3 aliphatic rings. The van der Waals surface area contributed by atoms with Crippen molar-refractivity contribution in [1.82, 2.24) is 5.32 Å². The van der Waals surface area contributed by atoms with Gasteiger partial charge in [0.15, 0.2) is 0 Å². The van der Waals surface area contributed by atoms with Gasteiger partial charge in [0.2, 0.25) is 5.91 Å². The van der Waals surface area contributed by atoms with E-state index in [1.54, 1.807) is 0 Å². The summed E-state index contributed by atoms with van der Waals surface area (Å²) in [5, 5.41) is 6.05. The standard InChI is InChI=1S/C22H31N3O3/c26-21(16-6-4-7-16)24-17-9-10-20(25-11-2-1-3-12-25)19(14-17)22(27)23-15-18-8-5-13-28-18/h9-10,14,16,18H,1-8,11-13,15H2,(H,23,27)(H,24,26)/t18-/m0/s1. The number of carbonyl (C=O) groups is 2. The van der Waals surface area contributed by atoms with Gasteiger partial charge in [-0.15, -0.1) is 0 Å². The van der Waals surface area contributed by atoms with Crippen molar-refractivity contribution < 1.29 is 14.3 Å². The SMILES string of the molecule is O=C(NC[C@@H]1CCCO1)c1cc(NC(=O)C2CCC2)ccc1N1CCCCC1. The quantitative estimate of drug-likeness (QED) is 0.788. The maximum atomic E-state index is 13.0. The molecule has 1 aromatic rings. The van der Waals surface area contributed by atoms with Crippen LogP contribution in [0.15, 0.2) is 18.2 Å². The Morgan fingerprint density at radius 1 is 1.04 bits per heavy atom. The van der Waals surface area contributed by atoms with E-state index >= 15 is 0 Å².